The van der Waals surface area contributed by atoms with Crippen molar-refractivity contribution in [3.8, 4) is 0 Å². The average Bonchev–Trinajstić information content (AvgIpc) is 3.25. The van der Waals surface area contributed by atoms with Gasteiger partial charge in [0.05, 0.1) is 5.52 Å². The van der Waals surface area contributed by atoms with E-state index in [2.05, 4.69) is 45.2 Å². The van der Waals surface area contributed by atoms with Gasteiger partial charge in [-0.15, -0.1) is 21.5 Å². The maximum Gasteiger partial charge on any atom is 0.272 e. The smallest absolute Gasteiger partial charge is 0.272 e. The van der Waals surface area contributed by atoms with Crippen molar-refractivity contribution < 1.29 is 0 Å². The van der Waals surface area contributed by atoms with Crippen LogP contribution >= 0.6 is 39.0 Å². The molecule has 8 heteroatoms. The van der Waals surface area contributed by atoms with E-state index in [0.717, 1.165) is 32.0 Å². The molecule has 5 nitrogen and oxygen atoms in total. The van der Waals surface area contributed by atoms with Crippen LogP contribution in [0.3, 0.4) is 0 Å². The molecular weight excluding hydrogens is 420 g/mol. The van der Waals surface area contributed by atoms with E-state index in [4.69, 9.17) is 0 Å². The Bertz CT molecular complexity index is 1100. The zero-order valence-electron chi connectivity index (χ0n) is 13.5. The van der Waals surface area contributed by atoms with Crippen LogP contribution in [-0.4, -0.2) is 19.2 Å². The first kappa shape index (κ1) is 16.8. The largest absolute Gasteiger partial charge is 0.276 e. The highest BCUT2D eigenvalue weighted by atomic mass is 79.9. The fourth-order valence-electron chi connectivity index (χ4n) is 2.75. The van der Waals surface area contributed by atoms with Crippen LogP contribution in [-0.2, 0) is 12.3 Å². The van der Waals surface area contributed by atoms with Crippen molar-refractivity contribution in [1.82, 2.24) is 19.2 Å². The number of benzene rings is 1. The van der Waals surface area contributed by atoms with Crippen molar-refractivity contribution in [3.05, 3.63) is 56.1 Å². The summed E-state index contributed by atoms with van der Waals surface area (Å²) in [6.07, 6.45) is 0.876. The van der Waals surface area contributed by atoms with E-state index in [1.165, 1.54) is 16.9 Å². The number of rotatable bonds is 5. The van der Waals surface area contributed by atoms with Crippen LogP contribution in [0, 0.1) is 0 Å². The van der Waals surface area contributed by atoms with Crippen LogP contribution in [0.25, 0.3) is 16.0 Å². The second kappa shape index (κ2) is 6.93. The molecule has 0 aliphatic heterocycles. The Morgan fingerprint density at radius 1 is 1.20 bits per heavy atom. The van der Waals surface area contributed by atoms with E-state index in [9.17, 15) is 4.79 Å². The first-order chi connectivity index (χ1) is 12.2. The third kappa shape index (κ3) is 3.02. The Kier molecular flexibility index (Phi) is 4.66. The zero-order valence-corrected chi connectivity index (χ0v) is 16.7. The van der Waals surface area contributed by atoms with Crippen LogP contribution < -0.4 is 5.56 Å². The van der Waals surface area contributed by atoms with E-state index in [-0.39, 0.29) is 5.56 Å². The van der Waals surface area contributed by atoms with E-state index in [0.29, 0.717) is 12.3 Å². The molecule has 128 valence electrons. The lowest BCUT2D eigenvalue weighted by Crippen LogP contribution is -2.22. The SMILES string of the molecule is CCCn1c(=O)c2sccc2n2c(SCc3ccc(Br)cc3)nnc12. The van der Waals surface area contributed by atoms with E-state index < -0.39 is 0 Å². The number of aryl methyl sites for hydroxylation is 1. The lowest BCUT2D eigenvalue weighted by atomic mass is 10.2. The number of fused-ring (bicyclic) bond motifs is 3. The highest BCUT2D eigenvalue weighted by molar-refractivity contribution is 9.10. The molecule has 0 aliphatic rings. The number of hydrogen-bond acceptors (Lipinski definition) is 5. The lowest BCUT2D eigenvalue weighted by Gasteiger charge is -2.08. The van der Waals surface area contributed by atoms with Gasteiger partial charge in [0, 0.05) is 16.8 Å². The average molecular weight is 435 g/mol. The van der Waals surface area contributed by atoms with Gasteiger partial charge in [0.2, 0.25) is 5.78 Å². The molecule has 0 amide bonds. The minimum atomic E-state index is 0.0243. The molecule has 1 aromatic carbocycles. The summed E-state index contributed by atoms with van der Waals surface area (Å²) in [6.45, 7) is 2.70. The van der Waals surface area contributed by atoms with Crippen molar-refractivity contribution in [1.29, 1.82) is 0 Å². The number of halogens is 1. The highest BCUT2D eigenvalue weighted by Crippen LogP contribution is 2.27. The van der Waals surface area contributed by atoms with Gasteiger partial charge in [-0.1, -0.05) is 46.7 Å². The van der Waals surface area contributed by atoms with Crippen molar-refractivity contribution in [2.45, 2.75) is 30.8 Å². The molecule has 0 bridgehead atoms. The number of thioether (sulfide) groups is 1. The van der Waals surface area contributed by atoms with Crippen LogP contribution in [0.15, 0.2) is 50.1 Å². The molecule has 3 aromatic heterocycles. The molecule has 4 aromatic rings. The second-order valence-electron chi connectivity index (χ2n) is 5.62. The Balaban J connectivity index is 1.80. The molecule has 0 saturated heterocycles. The van der Waals surface area contributed by atoms with Crippen molar-refractivity contribution in [3.63, 3.8) is 0 Å². The van der Waals surface area contributed by atoms with E-state index in [1.54, 1.807) is 16.3 Å². The number of aromatic nitrogens is 4. The quantitative estimate of drug-likeness (QED) is 0.431. The molecule has 4 rings (SSSR count). The number of hydrogen-bond donors (Lipinski definition) is 0. The molecular formula is C17H15BrN4OS2. The zero-order chi connectivity index (χ0) is 17.4. The van der Waals surface area contributed by atoms with Crippen molar-refractivity contribution in [2.24, 2.45) is 0 Å². The Labute approximate surface area is 160 Å². The van der Waals surface area contributed by atoms with Gasteiger partial charge >= 0.3 is 0 Å². The third-order valence-corrected chi connectivity index (χ3v) is 6.33. The van der Waals surface area contributed by atoms with Gasteiger partial charge < -0.3 is 0 Å². The van der Waals surface area contributed by atoms with Crippen LogP contribution in [0.5, 0.6) is 0 Å². The Morgan fingerprint density at radius 2 is 2.00 bits per heavy atom. The number of nitrogens with zero attached hydrogens (tertiary/aromatic N) is 4. The Hall–Kier alpha value is -1.64. The predicted molar refractivity (Wildman–Crippen MR) is 107 cm³/mol. The van der Waals surface area contributed by atoms with Gasteiger partial charge in [0.1, 0.15) is 4.70 Å². The minimum Gasteiger partial charge on any atom is -0.276 e. The maximum atomic E-state index is 12.7. The summed E-state index contributed by atoms with van der Waals surface area (Å²) in [5.41, 5.74) is 2.13. The molecule has 0 aliphatic carbocycles. The minimum absolute atomic E-state index is 0.0243. The molecule has 0 spiro atoms. The lowest BCUT2D eigenvalue weighted by molar-refractivity contribution is 0.663. The first-order valence-electron chi connectivity index (χ1n) is 7.91. The summed E-state index contributed by atoms with van der Waals surface area (Å²) < 4.78 is 5.56. The second-order valence-corrected chi connectivity index (χ2v) is 8.40. The summed E-state index contributed by atoms with van der Waals surface area (Å²) in [7, 11) is 0. The summed E-state index contributed by atoms with van der Waals surface area (Å²) in [5.74, 6) is 1.42. The molecule has 0 atom stereocenters. The molecule has 25 heavy (non-hydrogen) atoms. The van der Waals surface area contributed by atoms with Crippen LogP contribution in [0.2, 0.25) is 0 Å². The van der Waals surface area contributed by atoms with Gasteiger partial charge in [-0.2, -0.15) is 0 Å². The fourth-order valence-corrected chi connectivity index (χ4v) is 4.73. The van der Waals surface area contributed by atoms with Crippen LogP contribution in [0.1, 0.15) is 18.9 Å². The highest BCUT2D eigenvalue weighted by Gasteiger charge is 2.17. The molecule has 3 heterocycles. The molecule has 0 saturated carbocycles. The van der Waals surface area contributed by atoms with Crippen molar-refractivity contribution >= 4 is 55.0 Å². The fraction of sp³-hybridized carbons (Fsp3) is 0.235. The van der Waals surface area contributed by atoms with Crippen molar-refractivity contribution in [2.75, 3.05) is 0 Å². The summed E-state index contributed by atoms with van der Waals surface area (Å²) in [4.78, 5) is 12.7. The first-order valence-corrected chi connectivity index (χ1v) is 10.6. The molecule has 0 radical (unpaired) electrons. The van der Waals surface area contributed by atoms with Gasteiger partial charge in [-0.25, -0.2) is 0 Å². The summed E-state index contributed by atoms with van der Waals surface area (Å²) in [5, 5.41) is 11.4. The summed E-state index contributed by atoms with van der Waals surface area (Å²) in [6, 6.07) is 10.2. The third-order valence-electron chi connectivity index (χ3n) is 3.91. The van der Waals surface area contributed by atoms with Gasteiger partial charge in [-0.05, 0) is 35.6 Å². The normalized spacial score (nSPS) is 11.6. The molecule has 0 fully saturated rings. The number of thiophene rings is 1. The molecule has 0 N–H and O–H groups in total. The molecule has 0 unspecified atom stereocenters. The van der Waals surface area contributed by atoms with Gasteiger partial charge in [0.15, 0.2) is 5.16 Å². The van der Waals surface area contributed by atoms with E-state index in [1.807, 2.05) is 28.0 Å². The van der Waals surface area contributed by atoms with E-state index >= 15 is 0 Å². The predicted octanol–water partition coefficient (Wildman–Crippen LogP) is 4.57. The summed E-state index contributed by atoms with van der Waals surface area (Å²) >= 11 is 6.56. The monoisotopic (exact) mass is 434 g/mol. The standard InChI is InChI=1S/C17H15BrN4OS2/c1-2-8-21-15(23)14-13(7-9-24-14)22-16(21)19-20-17(22)25-10-11-3-5-12(18)6-4-11/h3-7,9H,2,8,10H2,1H3. The maximum absolute atomic E-state index is 12.7. The van der Waals surface area contributed by atoms with Gasteiger partial charge in [0.25, 0.3) is 5.56 Å². The van der Waals surface area contributed by atoms with Crippen LogP contribution in [0.4, 0.5) is 0 Å². The Morgan fingerprint density at radius 3 is 2.76 bits per heavy atom. The van der Waals surface area contributed by atoms with Gasteiger partial charge in [-0.3, -0.25) is 13.8 Å². The topological polar surface area (TPSA) is 52.2 Å².